The summed E-state index contributed by atoms with van der Waals surface area (Å²) in [5.74, 6) is -2.96. The first kappa shape index (κ1) is 14.6. The normalized spacial score (nSPS) is 10.4. The third-order valence-corrected chi connectivity index (χ3v) is 2.08. The lowest BCUT2D eigenvalue weighted by Gasteiger charge is -2.10. The van der Waals surface area contributed by atoms with Gasteiger partial charge in [-0.05, 0) is 12.1 Å². The Labute approximate surface area is 103 Å². The molecule has 0 saturated heterocycles. The Morgan fingerprint density at radius 2 is 1.17 bits per heavy atom. The van der Waals surface area contributed by atoms with E-state index in [0.29, 0.717) is 0 Å². The Morgan fingerprint density at radius 3 is 1.50 bits per heavy atom. The van der Waals surface area contributed by atoms with Crippen molar-refractivity contribution >= 4 is 0 Å². The summed E-state index contributed by atoms with van der Waals surface area (Å²) in [5, 5.41) is 0. The van der Waals surface area contributed by atoms with Gasteiger partial charge in [-0.25, -0.2) is 0 Å². The molecule has 0 amide bonds. The smallest absolute Gasteiger partial charge is 0.204 e. The van der Waals surface area contributed by atoms with Crippen molar-refractivity contribution in [2.24, 2.45) is 0 Å². The molecule has 0 bridgehead atoms. The highest BCUT2D eigenvalue weighted by molar-refractivity contribution is 5.35. The van der Waals surface area contributed by atoms with E-state index in [1.165, 1.54) is 12.1 Å². The molecule has 1 aromatic carbocycles. The fourth-order valence-electron chi connectivity index (χ4n) is 1.21. The van der Waals surface area contributed by atoms with Gasteiger partial charge in [-0.3, -0.25) is 8.78 Å². The molecule has 0 heterocycles. The molecular weight excluding hydrogens is 252 g/mol. The van der Waals surface area contributed by atoms with Gasteiger partial charge in [0.05, 0.1) is 26.6 Å². The van der Waals surface area contributed by atoms with Crippen LogP contribution in [0, 0.1) is 11.6 Å². The predicted octanol–water partition coefficient (Wildman–Crippen LogP) is 3.44. The molecule has 2 nitrogen and oxygen atoms in total. The lowest BCUT2D eigenvalue weighted by atomic mass is 10.3. The van der Waals surface area contributed by atoms with Crippen molar-refractivity contribution in [2.75, 3.05) is 26.6 Å². The molecule has 6 heteroatoms. The molecule has 1 aromatic rings. The number of hydrogen-bond donors (Lipinski definition) is 0. The highest BCUT2D eigenvalue weighted by Gasteiger charge is 2.15. The van der Waals surface area contributed by atoms with E-state index in [-0.39, 0.29) is 37.6 Å². The molecule has 0 unspecified atom stereocenters. The van der Waals surface area contributed by atoms with Crippen LogP contribution in [0.1, 0.15) is 12.8 Å². The second-order valence-corrected chi connectivity index (χ2v) is 3.47. The Bertz CT molecular complexity index is 336. The minimum Gasteiger partial charge on any atom is -0.490 e. The van der Waals surface area contributed by atoms with Crippen molar-refractivity contribution in [3.8, 4) is 11.5 Å². The molecule has 0 aliphatic carbocycles. The second kappa shape index (κ2) is 7.79. The van der Waals surface area contributed by atoms with E-state index in [9.17, 15) is 17.6 Å². The summed E-state index contributed by atoms with van der Waals surface area (Å²) in [6.07, 6.45) is 0.214. The van der Waals surface area contributed by atoms with E-state index in [4.69, 9.17) is 9.47 Å². The van der Waals surface area contributed by atoms with Crippen molar-refractivity contribution in [3.05, 3.63) is 23.8 Å². The van der Waals surface area contributed by atoms with Crippen molar-refractivity contribution < 1.29 is 27.0 Å². The molecule has 0 N–H and O–H groups in total. The van der Waals surface area contributed by atoms with Crippen LogP contribution in [-0.2, 0) is 0 Å². The third kappa shape index (κ3) is 4.09. The topological polar surface area (TPSA) is 18.5 Å². The predicted molar refractivity (Wildman–Crippen MR) is 58.5 cm³/mol. The van der Waals surface area contributed by atoms with Crippen LogP contribution < -0.4 is 9.47 Å². The summed E-state index contributed by atoms with van der Waals surface area (Å²) in [7, 11) is 0. The molecule has 0 saturated carbocycles. The van der Waals surface area contributed by atoms with E-state index in [1.807, 2.05) is 0 Å². The highest BCUT2D eigenvalue weighted by Crippen LogP contribution is 2.27. The SMILES string of the molecule is FCCCOc1ccc(OCCCF)c(F)c1F. The van der Waals surface area contributed by atoms with Crippen molar-refractivity contribution in [1.29, 1.82) is 0 Å². The molecule has 0 spiro atoms. The quantitative estimate of drug-likeness (QED) is 0.530. The van der Waals surface area contributed by atoms with E-state index < -0.39 is 25.0 Å². The summed E-state index contributed by atoms with van der Waals surface area (Å²) >= 11 is 0. The fraction of sp³-hybridized carbons (Fsp3) is 0.500. The van der Waals surface area contributed by atoms with E-state index in [0.717, 1.165) is 0 Å². The van der Waals surface area contributed by atoms with E-state index >= 15 is 0 Å². The van der Waals surface area contributed by atoms with Gasteiger partial charge in [0.25, 0.3) is 0 Å². The maximum absolute atomic E-state index is 13.5. The number of halogens is 4. The molecular formula is C12H14F4O2. The van der Waals surface area contributed by atoms with Gasteiger partial charge in [-0.15, -0.1) is 0 Å². The Kier molecular flexibility index (Phi) is 6.32. The number of benzene rings is 1. The lowest BCUT2D eigenvalue weighted by Crippen LogP contribution is -2.04. The van der Waals surface area contributed by atoms with E-state index in [1.54, 1.807) is 0 Å². The molecule has 0 fully saturated rings. The van der Waals surface area contributed by atoms with Crippen LogP contribution >= 0.6 is 0 Å². The van der Waals surface area contributed by atoms with Crippen LogP contribution in [0.3, 0.4) is 0 Å². The standard InChI is InChI=1S/C12H14F4O2/c13-5-1-7-17-9-3-4-10(12(16)11(9)15)18-8-2-6-14/h3-4H,1-2,5-8H2. The Balaban J connectivity index is 2.65. The average Bonchev–Trinajstić information content (AvgIpc) is 2.37. The zero-order valence-electron chi connectivity index (χ0n) is 9.73. The van der Waals surface area contributed by atoms with Gasteiger partial charge in [-0.1, -0.05) is 0 Å². The van der Waals surface area contributed by atoms with Gasteiger partial charge < -0.3 is 9.47 Å². The van der Waals surface area contributed by atoms with Crippen LogP contribution in [0.2, 0.25) is 0 Å². The van der Waals surface area contributed by atoms with Crippen LogP contribution in [0.15, 0.2) is 12.1 Å². The first-order valence-corrected chi connectivity index (χ1v) is 5.56. The first-order valence-electron chi connectivity index (χ1n) is 5.56. The Morgan fingerprint density at radius 1 is 0.778 bits per heavy atom. The second-order valence-electron chi connectivity index (χ2n) is 3.47. The highest BCUT2D eigenvalue weighted by atomic mass is 19.2. The van der Waals surface area contributed by atoms with Crippen molar-refractivity contribution in [2.45, 2.75) is 12.8 Å². The number of rotatable bonds is 8. The fourth-order valence-corrected chi connectivity index (χ4v) is 1.21. The third-order valence-electron chi connectivity index (χ3n) is 2.08. The molecule has 18 heavy (non-hydrogen) atoms. The average molecular weight is 266 g/mol. The molecule has 1 rings (SSSR count). The van der Waals surface area contributed by atoms with Crippen LogP contribution in [0.25, 0.3) is 0 Å². The van der Waals surface area contributed by atoms with Gasteiger partial charge in [0.1, 0.15) is 0 Å². The molecule has 0 radical (unpaired) electrons. The number of alkyl halides is 2. The zero-order chi connectivity index (χ0) is 13.4. The van der Waals surface area contributed by atoms with E-state index in [2.05, 4.69) is 0 Å². The van der Waals surface area contributed by atoms with Crippen molar-refractivity contribution in [3.63, 3.8) is 0 Å². The van der Waals surface area contributed by atoms with Crippen LogP contribution in [0.5, 0.6) is 11.5 Å². The van der Waals surface area contributed by atoms with Gasteiger partial charge in [-0.2, -0.15) is 8.78 Å². The molecule has 0 aromatic heterocycles. The monoisotopic (exact) mass is 266 g/mol. The summed E-state index contributed by atoms with van der Waals surface area (Å²) in [6.45, 7) is -1.24. The van der Waals surface area contributed by atoms with Crippen molar-refractivity contribution in [1.82, 2.24) is 0 Å². The lowest BCUT2D eigenvalue weighted by molar-refractivity contribution is 0.257. The molecule has 0 aliphatic rings. The first-order chi connectivity index (χ1) is 8.70. The largest absolute Gasteiger partial charge is 0.490 e. The number of hydrogen-bond acceptors (Lipinski definition) is 2. The van der Waals surface area contributed by atoms with Gasteiger partial charge in [0.15, 0.2) is 11.5 Å². The van der Waals surface area contributed by atoms with Crippen LogP contribution in [0.4, 0.5) is 17.6 Å². The summed E-state index contributed by atoms with van der Waals surface area (Å²) in [6, 6.07) is 2.39. The molecule has 0 atom stereocenters. The maximum Gasteiger partial charge on any atom is 0.204 e. The summed E-state index contributed by atoms with van der Waals surface area (Å²) in [4.78, 5) is 0. The molecule has 0 aliphatic heterocycles. The summed E-state index contributed by atoms with van der Waals surface area (Å²) < 4.78 is 60.3. The maximum atomic E-state index is 13.5. The molecule has 102 valence electrons. The van der Waals surface area contributed by atoms with Gasteiger partial charge >= 0.3 is 0 Å². The van der Waals surface area contributed by atoms with Gasteiger partial charge in [0, 0.05) is 12.8 Å². The minimum absolute atomic E-state index is 0.0328. The summed E-state index contributed by atoms with van der Waals surface area (Å²) in [5.41, 5.74) is 0. The van der Waals surface area contributed by atoms with Crippen LogP contribution in [-0.4, -0.2) is 26.6 Å². The minimum atomic E-state index is -1.19. The number of ether oxygens (including phenoxy) is 2. The Hall–Kier alpha value is -1.46. The zero-order valence-corrected chi connectivity index (χ0v) is 9.73. The van der Waals surface area contributed by atoms with Gasteiger partial charge in [0.2, 0.25) is 11.6 Å².